The van der Waals surface area contributed by atoms with Crippen LogP contribution in [0.3, 0.4) is 0 Å². The van der Waals surface area contributed by atoms with E-state index in [9.17, 15) is 14.0 Å². The first kappa shape index (κ1) is 12.8. The highest BCUT2D eigenvalue weighted by molar-refractivity contribution is 7.61. The van der Waals surface area contributed by atoms with Gasteiger partial charge in [-0.15, -0.1) is 4.89 Å². The lowest BCUT2D eigenvalue weighted by Gasteiger charge is -2.28. The van der Waals surface area contributed by atoms with Crippen LogP contribution in [0.25, 0.3) is 0 Å². The Balaban J connectivity index is 2.96. The van der Waals surface area contributed by atoms with Gasteiger partial charge in [-0.05, 0) is 24.6 Å². The monoisotopic (exact) mass is 251 g/mol. The Morgan fingerprint density at radius 1 is 1.67 bits per heavy atom. The maximum Gasteiger partial charge on any atom is 0.703 e. The van der Waals surface area contributed by atoms with E-state index >= 15 is 0 Å². The molecule has 0 aromatic rings. The van der Waals surface area contributed by atoms with E-state index in [0.29, 0.717) is 6.42 Å². The van der Waals surface area contributed by atoms with Crippen molar-refractivity contribution in [2.24, 2.45) is 0 Å². The molecule has 0 saturated carbocycles. The number of hydrogen-bond donors (Lipinski definition) is 2. The third kappa shape index (κ3) is 2.83. The Morgan fingerprint density at radius 2 is 2.27 bits per heavy atom. The summed E-state index contributed by atoms with van der Waals surface area (Å²) >= 11 is 0. The second-order valence-electron chi connectivity index (χ2n) is 3.75. The molecule has 0 radical (unpaired) electrons. The van der Waals surface area contributed by atoms with Crippen molar-refractivity contribution in [2.75, 3.05) is 0 Å². The smallest absolute Gasteiger partial charge is 0.321 e. The van der Waals surface area contributed by atoms with E-state index in [1.54, 1.807) is 6.08 Å². The third-order valence-corrected chi connectivity index (χ3v) is 5.34. The van der Waals surface area contributed by atoms with Crippen LogP contribution in [0.15, 0.2) is 23.8 Å². The van der Waals surface area contributed by atoms with Crippen LogP contribution in [0, 0.1) is 0 Å². The highest BCUT2D eigenvalue weighted by Crippen LogP contribution is 2.63. The van der Waals surface area contributed by atoms with E-state index in [1.165, 1.54) is 13.0 Å². The van der Waals surface area contributed by atoms with Gasteiger partial charge in [0.25, 0.3) is 0 Å². The molecule has 2 N–H and O–H groups in total. The highest BCUT2D eigenvalue weighted by Gasteiger charge is 2.49. The molecule has 15 heavy (non-hydrogen) atoms. The van der Waals surface area contributed by atoms with Crippen molar-refractivity contribution in [1.82, 2.24) is 0 Å². The van der Waals surface area contributed by atoms with E-state index < -0.39 is 21.0 Å². The van der Waals surface area contributed by atoms with Crippen LogP contribution in [-0.4, -0.2) is 14.9 Å². The van der Waals surface area contributed by atoms with E-state index in [1.807, 2.05) is 13.0 Å². The minimum absolute atomic E-state index is 0.334. The minimum Gasteiger partial charge on any atom is -0.321 e. The zero-order chi connectivity index (χ0) is 11.7. The average molecular weight is 251 g/mol. The summed E-state index contributed by atoms with van der Waals surface area (Å²) in [6.45, 7) is 3.35. The molecule has 5 nitrogen and oxygen atoms in total. The van der Waals surface area contributed by atoms with Gasteiger partial charge >= 0.3 is 15.9 Å². The van der Waals surface area contributed by atoms with Gasteiger partial charge in [-0.25, -0.2) is 0 Å². The van der Waals surface area contributed by atoms with E-state index in [-0.39, 0.29) is 0 Å². The van der Waals surface area contributed by atoms with Gasteiger partial charge in [0.05, 0.1) is 5.16 Å². The SMILES string of the molecule is CC1=CC=CC(C)(P(=O)(O)O[P+](=O)O)C1. The largest absolute Gasteiger partial charge is 0.703 e. The molecule has 84 valence electrons. The standard InChI is InChI=1S/C8H12O5P2/c1-7-4-3-5-8(2,6-7)15(11,12)13-14(9)10/h3-5H,6H2,1-2H3,(H-,9,10,11,12)/p+1. The molecule has 1 rings (SSSR count). The van der Waals surface area contributed by atoms with Crippen LogP contribution >= 0.6 is 15.9 Å². The van der Waals surface area contributed by atoms with E-state index in [2.05, 4.69) is 4.31 Å². The molecule has 0 bridgehead atoms. The molecule has 3 unspecified atom stereocenters. The van der Waals surface area contributed by atoms with Crippen LogP contribution in [0.5, 0.6) is 0 Å². The zero-order valence-electron chi connectivity index (χ0n) is 8.45. The first-order valence-electron chi connectivity index (χ1n) is 4.31. The highest BCUT2D eigenvalue weighted by atomic mass is 31.2. The molecule has 0 aromatic heterocycles. The molecule has 1 aliphatic rings. The van der Waals surface area contributed by atoms with Crippen LogP contribution < -0.4 is 0 Å². The molecule has 3 atom stereocenters. The molecule has 0 aromatic carbocycles. The molecule has 7 heteroatoms. The Kier molecular flexibility index (Phi) is 3.64. The molecule has 0 spiro atoms. The van der Waals surface area contributed by atoms with Crippen molar-refractivity contribution in [3.05, 3.63) is 23.8 Å². The summed E-state index contributed by atoms with van der Waals surface area (Å²) < 4.78 is 26.4. The molecular formula is C8H13O5P2+. The van der Waals surface area contributed by atoms with Gasteiger partial charge in [-0.1, -0.05) is 23.8 Å². The van der Waals surface area contributed by atoms with E-state index in [0.717, 1.165) is 5.57 Å². The van der Waals surface area contributed by atoms with Crippen molar-refractivity contribution >= 4 is 15.9 Å². The molecule has 0 aliphatic heterocycles. The summed E-state index contributed by atoms with van der Waals surface area (Å²) in [4.78, 5) is 18.1. The van der Waals surface area contributed by atoms with Gasteiger partial charge in [-0.2, -0.15) is 0 Å². The van der Waals surface area contributed by atoms with Crippen molar-refractivity contribution in [3.8, 4) is 0 Å². The molecule has 0 saturated heterocycles. The van der Waals surface area contributed by atoms with Crippen LogP contribution in [0.4, 0.5) is 0 Å². The summed E-state index contributed by atoms with van der Waals surface area (Å²) in [5, 5.41) is -1.13. The lowest BCUT2D eigenvalue weighted by molar-refractivity contribution is 0.329. The number of hydrogen-bond acceptors (Lipinski definition) is 3. The maximum atomic E-state index is 11.8. The fourth-order valence-corrected chi connectivity index (χ4v) is 3.71. The summed E-state index contributed by atoms with van der Waals surface area (Å²) in [6.07, 6.45) is 5.33. The fourth-order valence-electron chi connectivity index (χ4n) is 1.48. The minimum atomic E-state index is -4.13. The number of rotatable bonds is 3. The molecule has 0 amide bonds. The first-order chi connectivity index (χ1) is 6.77. The summed E-state index contributed by atoms with van der Waals surface area (Å²) in [5.74, 6) is 0. The van der Waals surface area contributed by atoms with Crippen LogP contribution in [0.1, 0.15) is 20.3 Å². The van der Waals surface area contributed by atoms with Gasteiger partial charge in [0, 0.05) is 4.57 Å². The van der Waals surface area contributed by atoms with Gasteiger partial charge < -0.3 is 4.89 Å². The van der Waals surface area contributed by atoms with Gasteiger partial charge in [-0.3, -0.25) is 4.57 Å². The van der Waals surface area contributed by atoms with E-state index in [4.69, 9.17) is 4.89 Å². The van der Waals surface area contributed by atoms with Crippen LogP contribution in [0.2, 0.25) is 0 Å². The van der Waals surface area contributed by atoms with Crippen molar-refractivity contribution in [3.63, 3.8) is 0 Å². The number of allylic oxidation sites excluding steroid dienone is 4. The fraction of sp³-hybridized carbons (Fsp3) is 0.500. The Bertz CT molecular complexity index is 386. The third-order valence-electron chi connectivity index (χ3n) is 2.30. The Morgan fingerprint density at radius 3 is 2.73 bits per heavy atom. The lowest BCUT2D eigenvalue weighted by Crippen LogP contribution is -2.24. The summed E-state index contributed by atoms with van der Waals surface area (Å²) in [5.41, 5.74) is 0.922. The average Bonchev–Trinajstić information content (AvgIpc) is 2.00. The molecule has 0 heterocycles. The molecule has 0 fully saturated rings. The van der Waals surface area contributed by atoms with Gasteiger partial charge in [0.15, 0.2) is 0 Å². The quantitative estimate of drug-likeness (QED) is 0.753. The van der Waals surface area contributed by atoms with Gasteiger partial charge in [0.1, 0.15) is 0 Å². The predicted octanol–water partition coefficient (Wildman–Crippen LogP) is 2.50. The Labute approximate surface area is 89.0 Å². The summed E-state index contributed by atoms with van der Waals surface area (Å²) in [7, 11) is -7.21. The zero-order valence-corrected chi connectivity index (χ0v) is 10.2. The predicted molar refractivity (Wildman–Crippen MR) is 56.7 cm³/mol. The molecular weight excluding hydrogens is 238 g/mol. The maximum absolute atomic E-state index is 11.8. The van der Waals surface area contributed by atoms with Crippen molar-refractivity contribution in [2.45, 2.75) is 25.4 Å². The van der Waals surface area contributed by atoms with Crippen molar-refractivity contribution < 1.29 is 23.2 Å². The van der Waals surface area contributed by atoms with Crippen LogP contribution in [-0.2, 0) is 13.4 Å². The van der Waals surface area contributed by atoms with Crippen molar-refractivity contribution in [1.29, 1.82) is 0 Å². The Hall–Kier alpha value is -0.310. The topological polar surface area (TPSA) is 83.8 Å². The van der Waals surface area contributed by atoms with Gasteiger partial charge in [0.2, 0.25) is 0 Å². The lowest BCUT2D eigenvalue weighted by atomic mass is 9.96. The molecule has 1 aliphatic carbocycles. The second-order valence-corrected chi connectivity index (χ2v) is 6.94. The first-order valence-corrected chi connectivity index (χ1v) is 7.01. The normalized spacial score (nSPS) is 30.7. The second kappa shape index (κ2) is 4.28. The summed E-state index contributed by atoms with van der Waals surface area (Å²) in [6, 6.07) is 0.